The van der Waals surface area contributed by atoms with Gasteiger partial charge in [0.05, 0.1) is 18.1 Å². The maximum absolute atomic E-state index is 12.6. The zero-order valence-corrected chi connectivity index (χ0v) is 14.5. The van der Waals surface area contributed by atoms with E-state index in [-0.39, 0.29) is 23.4 Å². The summed E-state index contributed by atoms with van der Waals surface area (Å²) in [5, 5.41) is 19.4. The van der Waals surface area contributed by atoms with Crippen LogP contribution in [-0.4, -0.2) is 20.9 Å². The molecule has 0 bridgehead atoms. The number of phenolic OH excluding ortho intramolecular Hbond substituents is 1. The molecule has 5 heteroatoms. The van der Waals surface area contributed by atoms with Crippen molar-refractivity contribution < 1.29 is 5.11 Å². The van der Waals surface area contributed by atoms with Gasteiger partial charge in [-0.15, -0.1) is 0 Å². The minimum absolute atomic E-state index is 0.0207. The van der Waals surface area contributed by atoms with E-state index < -0.39 is 0 Å². The molecule has 0 aliphatic carbocycles. The highest BCUT2D eigenvalue weighted by Crippen LogP contribution is 2.26. The third kappa shape index (κ3) is 3.72. The minimum atomic E-state index is -0.0812. The molecule has 0 saturated carbocycles. The van der Waals surface area contributed by atoms with Crippen molar-refractivity contribution >= 4 is 10.8 Å². The zero-order valence-electron chi connectivity index (χ0n) is 14.5. The molecule has 0 amide bonds. The summed E-state index contributed by atoms with van der Waals surface area (Å²) in [6, 6.07) is 14.9. The molecule has 0 aliphatic heterocycles. The fourth-order valence-corrected chi connectivity index (χ4v) is 3.12. The highest BCUT2D eigenvalue weighted by atomic mass is 16.3. The molecular formula is C20H23N3O2. The molecule has 0 radical (unpaired) electrons. The summed E-state index contributed by atoms with van der Waals surface area (Å²) < 4.78 is 1.50. The number of hydrogen-bond acceptors (Lipinski definition) is 4. The Balaban J connectivity index is 1.78. The smallest absolute Gasteiger partial charge is 0.274 e. The molecule has 3 aromatic rings. The van der Waals surface area contributed by atoms with Crippen molar-refractivity contribution in [2.24, 2.45) is 0 Å². The number of nitrogens with zero attached hydrogens (tertiary/aromatic N) is 2. The van der Waals surface area contributed by atoms with E-state index in [1.165, 1.54) is 4.68 Å². The zero-order chi connectivity index (χ0) is 17.8. The van der Waals surface area contributed by atoms with Crippen LogP contribution in [0, 0.1) is 0 Å². The summed E-state index contributed by atoms with van der Waals surface area (Å²) in [6.45, 7) is 4.55. The third-order valence-corrected chi connectivity index (χ3v) is 4.41. The topological polar surface area (TPSA) is 67.2 Å². The lowest BCUT2D eigenvalue weighted by atomic mass is 10.0. The van der Waals surface area contributed by atoms with Crippen LogP contribution in [0.5, 0.6) is 5.75 Å². The number of benzene rings is 2. The number of aromatic hydroxyl groups is 1. The van der Waals surface area contributed by atoms with Crippen molar-refractivity contribution in [1.82, 2.24) is 15.1 Å². The number of rotatable bonds is 6. The Labute approximate surface area is 146 Å². The van der Waals surface area contributed by atoms with E-state index in [0.717, 1.165) is 17.4 Å². The van der Waals surface area contributed by atoms with Crippen molar-refractivity contribution in [3.8, 4) is 5.75 Å². The second-order valence-electron chi connectivity index (χ2n) is 6.31. The molecule has 1 heterocycles. The number of para-hydroxylation sites is 1. The molecule has 0 spiro atoms. The van der Waals surface area contributed by atoms with Crippen LogP contribution in [0.25, 0.3) is 10.8 Å². The first-order valence-electron chi connectivity index (χ1n) is 8.59. The van der Waals surface area contributed by atoms with Crippen LogP contribution in [0.2, 0.25) is 0 Å². The molecule has 0 unspecified atom stereocenters. The average molecular weight is 337 g/mol. The Bertz CT molecular complexity index is 920. The second-order valence-corrected chi connectivity index (χ2v) is 6.31. The maximum atomic E-state index is 12.6. The molecular weight excluding hydrogens is 314 g/mol. The number of phenols is 1. The molecule has 2 aromatic carbocycles. The lowest BCUT2D eigenvalue weighted by molar-refractivity contribution is 0.375. The van der Waals surface area contributed by atoms with Crippen molar-refractivity contribution in [3.05, 3.63) is 70.6 Å². The minimum Gasteiger partial charge on any atom is -0.508 e. The van der Waals surface area contributed by atoms with E-state index in [1.54, 1.807) is 12.3 Å². The number of aromatic nitrogens is 2. The molecule has 5 nitrogen and oxygen atoms in total. The van der Waals surface area contributed by atoms with Gasteiger partial charge < -0.3 is 10.4 Å². The van der Waals surface area contributed by atoms with Crippen molar-refractivity contribution in [2.75, 3.05) is 0 Å². The van der Waals surface area contributed by atoms with E-state index in [1.807, 2.05) is 49.4 Å². The average Bonchev–Trinajstić information content (AvgIpc) is 2.63. The van der Waals surface area contributed by atoms with Gasteiger partial charge in [-0.3, -0.25) is 4.79 Å². The molecule has 130 valence electrons. The summed E-state index contributed by atoms with van der Waals surface area (Å²) in [4.78, 5) is 12.6. The van der Waals surface area contributed by atoms with Crippen molar-refractivity contribution in [1.29, 1.82) is 0 Å². The Morgan fingerprint density at radius 3 is 2.64 bits per heavy atom. The Hall–Kier alpha value is -2.66. The van der Waals surface area contributed by atoms with Crippen LogP contribution in [0.4, 0.5) is 0 Å². The Morgan fingerprint density at radius 2 is 1.88 bits per heavy atom. The quantitative estimate of drug-likeness (QED) is 0.725. The lowest BCUT2D eigenvalue weighted by Gasteiger charge is -2.23. The van der Waals surface area contributed by atoms with Gasteiger partial charge in [0.15, 0.2) is 0 Å². The fraction of sp³-hybridized carbons (Fsp3) is 0.300. The molecule has 25 heavy (non-hydrogen) atoms. The van der Waals surface area contributed by atoms with Crippen LogP contribution < -0.4 is 10.9 Å². The molecule has 0 saturated heterocycles. The van der Waals surface area contributed by atoms with E-state index in [0.29, 0.717) is 11.9 Å². The lowest BCUT2D eigenvalue weighted by Crippen LogP contribution is -2.37. The molecule has 0 aliphatic rings. The largest absolute Gasteiger partial charge is 0.508 e. The van der Waals surface area contributed by atoms with Gasteiger partial charge >= 0.3 is 0 Å². The number of nitrogens with one attached hydrogen (secondary N) is 1. The van der Waals surface area contributed by atoms with Crippen LogP contribution in [-0.2, 0) is 6.54 Å². The first-order valence-corrected chi connectivity index (χ1v) is 8.59. The molecule has 0 fully saturated rings. The van der Waals surface area contributed by atoms with E-state index >= 15 is 0 Å². The molecule has 2 N–H and O–H groups in total. The number of fused-ring (bicyclic) bond motifs is 1. The van der Waals surface area contributed by atoms with Crippen LogP contribution in [0.15, 0.2) is 59.5 Å². The monoisotopic (exact) mass is 337 g/mol. The fourth-order valence-electron chi connectivity index (χ4n) is 3.12. The normalized spacial score (nSPS) is 13.7. The van der Waals surface area contributed by atoms with Gasteiger partial charge in [-0.25, -0.2) is 4.68 Å². The predicted molar refractivity (Wildman–Crippen MR) is 99.7 cm³/mol. The molecule has 2 atom stereocenters. The van der Waals surface area contributed by atoms with Gasteiger partial charge in [0.2, 0.25) is 0 Å². The van der Waals surface area contributed by atoms with Gasteiger partial charge in [-0.2, -0.15) is 5.10 Å². The first kappa shape index (κ1) is 17.2. The molecule has 3 rings (SSSR count). The van der Waals surface area contributed by atoms with Crippen molar-refractivity contribution in [3.63, 3.8) is 0 Å². The highest BCUT2D eigenvalue weighted by molar-refractivity contribution is 5.80. The van der Waals surface area contributed by atoms with Gasteiger partial charge in [-0.1, -0.05) is 43.3 Å². The van der Waals surface area contributed by atoms with Crippen molar-refractivity contribution in [2.45, 2.75) is 38.9 Å². The second kappa shape index (κ2) is 7.49. The third-order valence-electron chi connectivity index (χ3n) is 4.41. The van der Waals surface area contributed by atoms with Gasteiger partial charge in [-0.05, 0) is 25.5 Å². The summed E-state index contributed by atoms with van der Waals surface area (Å²) >= 11 is 0. The van der Waals surface area contributed by atoms with Gasteiger partial charge in [0, 0.05) is 23.0 Å². The summed E-state index contributed by atoms with van der Waals surface area (Å²) in [5.74, 6) is 0.287. The van der Waals surface area contributed by atoms with E-state index in [9.17, 15) is 9.90 Å². The summed E-state index contributed by atoms with van der Waals surface area (Å²) in [6.07, 6.45) is 2.56. The maximum Gasteiger partial charge on any atom is 0.274 e. The van der Waals surface area contributed by atoms with E-state index in [2.05, 4.69) is 17.3 Å². The first-order chi connectivity index (χ1) is 12.1. The van der Waals surface area contributed by atoms with Crippen LogP contribution in [0.1, 0.15) is 31.9 Å². The summed E-state index contributed by atoms with van der Waals surface area (Å²) in [7, 11) is 0. The van der Waals surface area contributed by atoms with Crippen LogP contribution in [0.3, 0.4) is 0 Å². The Kier molecular flexibility index (Phi) is 5.14. The standard InChI is InChI=1S/C20H23N3O2/c1-3-18(17-10-6-7-11-19(17)24)22-14(2)13-23-20(25)16-9-5-4-8-15(16)12-21-23/h4-12,14,18,22,24H,3,13H2,1-2H3/t14-,18+/m1/s1. The molecule has 1 aromatic heterocycles. The van der Waals surface area contributed by atoms with Gasteiger partial charge in [0.25, 0.3) is 5.56 Å². The SMILES string of the molecule is CC[C@H](N[C@H](C)Cn1ncc2ccccc2c1=O)c1ccccc1O. The van der Waals surface area contributed by atoms with Gasteiger partial charge in [0.1, 0.15) is 5.75 Å². The predicted octanol–water partition coefficient (Wildman–Crippen LogP) is 3.23. The number of hydrogen-bond donors (Lipinski definition) is 2. The highest BCUT2D eigenvalue weighted by Gasteiger charge is 2.16. The van der Waals surface area contributed by atoms with E-state index in [4.69, 9.17) is 0 Å². The summed E-state index contributed by atoms with van der Waals surface area (Å²) in [5.41, 5.74) is 0.790. The van der Waals surface area contributed by atoms with Crippen LogP contribution >= 0.6 is 0 Å². The Morgan fingerprint density at radius 1 is 1.16 bits per heavy atom.